The fraction of sp³-hybridized carbons (Fsp3) is 0.333. The molecular weight excluding hydrogens is 232 g/mol. The van der Waals surface area contributed by atoms with Crippen molar-refractivity contribution in [1.29, 1.82) is 0 Å². The molecule has 0 bridgehead atoms. The number of benzene rings is 1. The summed E-state index contributed by atoms with van der Waals surface area (Å²) in [4.78, 5) is 2.19. The first-order valence-corrected chi connectivity index (χ1v) is 6.29. The van der Waals surface area contributed by atoms with E-state index in [0.29, 0.717) is 0 Å². The normalized spacial score (nSPS) is 10.3. The predicted octanol–water partition coefficient (Wildman–Crippen LogP) is 2.52. The monoisotopic (exact) mass is 248 g/mol. The Morgan fingerprint density at radius 2 is 2.06 bits per heavy atom. The summed E-state index contributed by atoms with van der Waals surface area (Å²) in [7, 11) is 3.93. The highest BCUT2D eigenvalue weighted by Crippen LogP contribution is 2.22. The van der Waals surface area contributed by atoms with Crippen molar-refractivity contribution in [2.75, 3.05) is 24.3 Å². The Kier molecular flexibility index (Phi) is 3.58. The summed E-state index contributed by atoms with van der Waals surface area (Å²) in [6.07, 6.45) is 0. The second kappa shape index (κ2) is 5.14. The summed E-state index contributed by atoms with van der Waals surface area (Å²) < 4.78 is 0. The van der Waals surface area contributed by atoms with Crippen LogP contribution >= 0.6 is 11.3 Å². The molecule has 0 amide bonds. The van der Waals surface area contributed by atoms with Gasteiger partial charge in [0, 0.05) is 19.8 Å². The molecule has 0 spiro atoms. The molecule has 2 aromatic rings. The zero-order valence-electron chi connectivity index (χ0n) is 10.3. The third kappa shape index (κ3) is 2.74. The van der Waals surface area contributed by atoms with Crippen LogP contribution in [0.2, 0.25) is 0 Å². The van der Waals surface area contributed by atoms with Crippen LogP contribution in [0.3, 0.4) is 0 Å². The number of rotatable bonds is 4. The molecule has 1 aromatic heterocycles. The maximum Gasteiger partial charge on any atom is 0.205 e. The number of aromatic nitrogens is 2. The Hall–Kier alpha value is -1.62. The molecule has 0 aliphatic rings. The molecule has 0 aliphatic carbocycles. The smallest absolute Gasteiger partial charge is 0.205 e. The molecule has 90 valence electrons. The number of anilines is 2. The Balaban J connectivity index is 2.11. The highest BCUT2D eigenvalue weighted by atomic mass is 32.1. The van der Waals surface area contributed by atoms with Crippen molar-refractivity contribution in [1.82, 2.24) is 10.2 Å². The number of hydrogen-bond donors (Lipinski definition) is 1. The molecule has 1 heterocycles. The van der Waals surface area contributed by atoms with E-state index in [1.807, 2.05) is 7.05 Å². The molecule has 1 aromatic carbocycles. The second-order valence-corrected chi connectivity index (χ2v) is 4.96. The van der Waals surface area contributed by atoms with Gasteiger partial charge in [-0.2, -0.15) is 0 Å². The van der Waals surface area contributed by atoms with Crippen molar-refractivity contribution >= 4 is 22.2 Å². The average Bonchev–Trinajstić information content (AvgIpc) is 2.77. The van der Waals surface area contributed by atoms with Crippen LogP contribution in [0.5, 0.6) is 0 Å². The van der Waals surface area contributed by atoms with Crippen LogP contribution in [-0.2, 0) is 6.54 Å². The third-order valence-electron chi connectivity index (χ3n) is 2.58. The van der Waals surface area contributed by atoms with Gasteiger partial charge in [-0.25, -0.2) is 0 Å². The molecular formula is C12H16N4S. The first kappa shape index (κ1) is 11.9. The highest BCUT2D eigenvalue weighted by Gasteiger charge is 2.08. The summed E-state index contributed by atoms with van der Waals surface area (Å²) in [5.74, 6) is 0. The van der Waals surface area contributed by atoms with E-state index in [1.54, 1.807) is 11.3 Å². The molecule has 0 fully saturated rings. The van der Waals surface area contributed by atoms with Gasteiger partial charge in [0.2, 0.25) is 5.13 Å². The molecule has 2 rings (SSSR count). The molecule has 5 heteroatoms. The average molecular weight is 248 g/mol. The van der Waals surface area contributed by atoms with Crippen LogP contribution < -0.4 is 10.2 Å². The van der Waals surface area contributed by atoms with Gasteiger partial charge in [-0.1, -0.05) is 29.5 Å². The lowest BCUT2D eigenvalue weighted by Crippen LogP contribution is -2.17. The Morgan fingerprint density at radius 1 is 1.29 bits per heavy atom. The lowest BCUT2D eigenvalue weighted by Gasteiger charge is -2.19. The molecule has 0 saturated carbocycles. The fourth-order valence-electron chi connectivity index (χ4n) is 1.70. The SMILES string of the molecule is CNc1nnc(CN(C)c2ccccc2C)s1. The number of nitrogens with one attached hydrogen (secondary N) is 1. The lowest BCUT2D eigenvalue weighted by atomic mass is 10.2. The van der Waals surface area contributed by atoms with Crippen molar-refractivity contribution in [3.05, 3.63) is 34.8 Å². The number of aryl methyl sites for hydroxylation is 1. The first-order valence-electron chi connectivity index (χ1n) is 5.47. The zero-order chi connectivity index (χ0) is 12.3. The van der Waals surface area contributed by atoms with E-state index in [2.05, 4.69) is 58.7 Å². The second-order valence-electron chi connectivity index (χ2n) is 3.89. The van der Waals surface area contributed by atoms with Crippen molar-refractivity contribution in [2.45, 2.75) is 13.5 Å². The summed E-state index contributed by atoms with van der Waals surface area (Å²) in [6, 6.07) is 8.34. The summed E-state index contributed by atoms with van der Waals surface area (Å²) in [6.45, 7) is 2.90. The quantitative estimate of drug-likeness (QED) is 0.902. The van der Waals surface area contributed by atoms with Crippen molar-refractivity contribution in [3.8, 4) is 0 Å². The van der Waals surface area contributed by atoms with Gasteiger partial charge in [0.05, 0.1) is 6.54 Å². The van der Waals surface area contributed by atoms with E-state index in [-0.39, 0.29) is 0 Å². The van der Waals surface area contributed by atoms with Crippen LogP contribution in [0, 0.1) is 6.92 Å². The molecule has 17 heavy (non-hydrogen) atoms. The van der Waals surface area contributed by atoms with E-state index in [4.69, 9.17) is 0 Å². The van der Waals surface area contributed by atoms with Gasteiger partial charge >= 0.3 is 0 Å². The maximum atomic E-state index is 4.15. The predicted molar refractivity (Wildman–Crippen MR) is 72.7 cm³/mol. The minimum Gasteiger partial charge on any atom is -0.368 e. The Morgan fingerprint density at radius 3 is 2.71 bits per heavy atom. The van der Waals surface area contributed by atoms with Crippen LogP contribution in [0.1, 0.15) is 10.6 Å². The van der Waals surface area contributed by atoms with Crippen LogP contribution in [-0.4, -0.2) is 24.3 Å². The molecule has 1 N–H and O–H groups in total. The number of nitrogens with zero attached hydrogens (tertiary/aromatic N) is 3. The molecule has 0 unspecified atom stereocenters. The van der Waals surface area contributed by atoms with Gasteiger partial charge in [0.15, 0.2) is 0 Å². The highest BCUT2D eigenvalue weighted by molar-refractivity contribution is 7.15. The largest absolute Gasteiger partial charge is 0.368 e. The first-order chi connectivity index (χ1) is 8.20. The van der Waals surface area contributed by atoms with Crippen molar-refractivity contribution in [3.63, 3.8) is 0 Å². The van der Waals surface area contributed by atoms with Crippen molar-refractivity contribution < 1.29 is 0 Å². The van der Waals surface area contributed by atoms with Gasteiger partial charge < -0.3 is 10.2 Å². The molecule has 0 radical (unpaired) electrons. The van der Waals surface area contributed by atoms with Crippen molar-refractivity contribution in [2.24, 2.45) is 0 Å². The van der Waals surface area contributed by atoms with E-state index in [9.17, 15) is 0 Å². The standard InChI is InChI=1S/C12H16N4S/c1-9-6-4-5-7-10(9)16(3)8-11-14-15-12(13-2)17-11/h4-7H,8H2,1-3H3,(H,13,15). The van der Waals surface area contributed by atoms with Crippen LogP contribution in [0.25, 0.3) is 0 Å². The summed E-state index contributed by atoms with van der Waals surface area (Å²) >= 11 is 1.59. The Labute approximate surface area is 105 Å². The van der Waals surface area contributed by atoms with Crippen LogP contribution in [0.4, 0.5) is 10.8 Å². The third-order valence-corrected chi connectivity index (χ3v) is 3.51. The number of para-hydroxylation sites is 1. The van der Waals surface area contributed by atoms with Gasteiger partial charge in [-0.05, 0) is 18.6 Å². The van der Waals surface area contributed by atoms with Gasteiger partial charge in [0.1, 0.15) is 5.01 Å². The van der Waals surface area contributed by atoms with E-state index < -0.39 is 0 Å². The van der Waals surface area contributed by atoms with E-state index in [0.717, 1.165) is 16.7 Å². The van der Waals surface area contributed by atoms with Crippen LogP contribution in [0.15, 0.2) is 24.3 Å². The number of hydrogen-bond acceptors (Lipinski definition) is 5. The van der Waals surface area contributed by atoms with E-state index in [1.165, 1.54) is 11.3 Å². The molecule has 0 saturated heterocycles. The van der Waals surface area contributed by atoms with E-state index >= 15 is 0 Å². The van der Waals surface area contributed by atoms with Gasteiger partial charge in [-0.3, -0.25) is 0 Å². The minimum absolute atomic E-state index is 0.782. The lowest BCUT2D eigenvalue weighted by molar-refractivity contribution is 0.877. The topological polar surface area (TPSA) is 41.1 Å². The van der Waals surface area contributed by atoms with Gasteiger partial charge in [0.25, 0.3) is 0 Å². The molecule has 0 atom stereocenters. The van der Waals surface area contributed by atoms with Gasteiger partial charge in [-0.15, -0.1) is 10.2 Å². The fourth-order valence-corrected chi connectivity index (χ4v) is 2.45. The summed E-state index contributed by atoms with van der Waals surface area (Å²) in [5, 5.41) is 13.1. The molecule has 0 aliphatic heterocycles. The zero-order valence-corrected chi connectivity index (χ0v) is 11.1. The minimum atomic E-state index is 0.782. The molecule has 4 nitrogen and oxygen atoms in total. The maximum absolute atomic E-state index is 4.15. The Bertz CT molecular complexity index is 495. The summed E-state index contributed by atoms with van der Waals surface area (Å²) in [5.41, 5.74) is 2.50.